The third kappa shape index (κ3) is 4.50. The van der Waals surface area contributed by atoms with Crippen molar-refractivity contribution in [2.24, 2.45) is 4.99 Å². The Morgan fingerprint density at radius 1 is 1.27 bits per heavy atom. The quantitative estimate of drug-likeness (QED) is 0.835. The molecule has 0 amide bonds. The second kappa shape index (κ2) is 8.00. The standard InChI is InChI=1S/C19H23F3N4/c1-2-3-9-26-14-17(24-18(26)25-10-7-23-8-11-25)13-15-5-4-6-16(12-15)19(20,21)22/h4-6,12,17,23H,7-11,13-14H2,1H3. The predicted octanol–water partition coefficient (Wildman–Crippen LogP) is 2.22. The van der Waals surface area contributed by atoms with Crippen LogP contribution in [0, 0.1) is 11.8 Å². The van der Waals surface area contributed by atoms with Crippen molar-refractivity contribution >= 4 is 5.96 Å². The van der Waals surface area contributed by atoms with E-state index in [-0.39, 0.29) is 6.04 Å². The minimum atomic E-state index is -4.32. The fraction of sp³-hybridized carbons (Fsp3) is 0.526. The Kier molecular flexibility index (Phi) is 5.72. The van der Waals surface area contributed by atoms with Gasteiger partial charge in [-0.15, -0.1) is 5.92 Å². The second-order valence-electron chi connectivity index (χ2n) is 6.53. The third-order valence-electron chi connectivity index (χ3n) is 4.58. The molecule has 1 fully saturated rings. The first-order chi connectivity index (χ1) is 12.5. The van der Waals surface area contributed by atoms with E-state index in [1.54, 1.807) is 13.0 Å². The molecular weight excluding hydrogens is 341 g/mol. The van der Waals surface area contributed by atoms with Crippen LogP contribution in [0.3, 0.4) is 0 Å². The molecule has 0 aromatic heterocycles. The Hall–Kier alpha value is -2.20. The Morgan fingerprint density at radius 3 is 2.73 bits per heavy atom. The Labute approximate surface area is 152 Å². The highest BCUT2D eigenvalue weighted by atomic mass is 19.4. The van der Waals surface area contributed by atoms with Gasteiger partial charge in [0.1, 0.15) is 0 Å². The van der Waals surface area contributed by atoms with Crippen LogP contribution in [0.4, 0.5) is 13.2 Å². The minimum absolute atomic E-state index is 0.0537. The number of piperazine rings is 1. The molecule has 7 heteroatoms. The zero-order valence-electron chi connectivity index (χ0n) is 14.8. The number of aliphatic imine (C=N–C) groups is 1. The van der Waals surface area contributed by atoms with Crippen LogP contribution in [0.2, 0.25) is 0 Å². The van der Waals surface area contributed by atoms with Gasteiger partial charge in [0, 0.05) is 32.7 Å². The third-order valence-corrected chi connectivity index (χ3v) is 4.58. The summed E-state index contributed by atoms with van der Waals surface area (Å²) in [5.74, 6) is 6.90. The van der Waals surface area contributed by atoms with Gasteiger partial charge in [-0.3, -0.25) is 0 Å². The van der Waals surface area contributed by atoms with Crippen molar-refractivity contribution < 1.29 is 13.2 Å². The Morgan fingerprint density at radius 2 is 2.04 bits per heavy atom. The largest absolute Gasteiger partial charge is 0.416 e. The molecular formula is C19H23F3N4. The zero-order valence-corrected chi connectivity index (χ0v) is 14.8. The molecule has 1 N–H and O–H groups in total. The van der Waals surface area contributed by atoms with Crippen LogP contribution in [0.1, 0.15) is 18.1 Å². The first kappa shape index (κ1) is 18.6. The lowest BCUT2D eigenvalue weighted by Crippen LogP contribution is -2.51. The molecule has 2 aliphatic rings. The van der Waals surface area contributed by atoms with E-state index in [9.17, 15) is 13.2 Å². The molecule has 4 nitrogen and oxygen atoms in total. The van der Waals surface area contributed by atoms with E-state index in [0.29, 0.717) is 25.1 Å². The smallest absolute Gasteiger partial charge is 0.340 e. The van der Waals surface area contributed by atoms with Gasteiger partial charge in [-0.25, -0.2) is 4.99 Å². The summed E-state index contributed by atoms with van der Waals surface area (Å²) >= 11 is 0. The number of alkyl halides is 3. The van der Waals surface area contributed by atoms with Gasteiger partial charge in [-0.2, -0.15) is 13.2 Å². The number of guanidine groups is 1. The number of hydrogen-bond donors (Lipinski definition) is 1. The minimum Gasteiger partial charge on any atom is -0.340 e. The summed E-state index contributed by atoms with van der Waals surface area (Å²) < 4.78 is 38.8. The molecule has 2 heterocycles. The summed E-state index contributed by atoms with van der Waals surface area (Å²) in [6.07, 6.45) is -3.82. The summed E-state index contributed by atoms with van der Waals surface area (Å²) in [4.78, 5) is 9.20. The van der Waals surface area contributed by atoms with Gasteiger partial charge in [-0.05, 0) is 25.0 Å². The van der Waals surface area contributed by atoms with Gasteiger partial charge in [0.25, 0.3) is 0 Å². The highest BCUT2D eigenvalue weighted by molar-refractivity contribution is 5.82. The van der Waals surface area contributed by atoms with Crippen molar-refractivity contribution in [3.05, 3.63) is 35.4 Å². The van der Waals surface area contributed by atoms with Gasteiger partial charge in [-0.1, -0.05) is 24.1 Å². The Bertz CT molecular complexity index is 711. The summed E-state index contributed by atoms with van der Waals surface area (Å²) in [5.41, 5.74) is 0.0599. The van der Waals surface area contributed by atoms with Gasteiger partial charge >= 0.3 is 6.18 Å². The normalized spacial score (nSPS) is 20.6. The van der Waals surface area contributed by atoms with Crippen LogP contribution in [0.25, 0.3) is 0 Å². The lowest BCUT2D eigenvalue weighted by atomic mass is 10.0. The van der Waals surface area contributed by atoms with Crippen LogP contribution in [0.5, 0.6) is 0 Å². The lowest BCUT2D eigenvalue weighted by molar-refractivity contribution is -0.137. The number of halogens is 3. The predicted molar refractivity (Wildman–Crippen MR) is 95.8 cm³/mol. The van der Waals surface area contributed by atoms with Crippen molar-refractivity contribution in [3.8, 4) is 11.8 Å². The topological polar surface area (TPSA) is 30.9 Å². The van der Waals surface area contributed by atoms with Gasteiger partial charge in [0.15, 0.2) is 5.96 Å². The molecule has 0 aliphatic carbocycles. The number of nitrogens with one attached hydrogen (secondary N) is 1. The summed E-state index contributed by atoms with van der Waals surface area (Å²) in [5, 5.41) is 3.32. The maximum atomic E-state index is 12.9. The van der Waals surface area contributed by atoms with E-state index >= 15 is 0 Å². The molecule has 1 unspecified atom stereocenters. The first-order valence-corrected chi connectivity index (χ1v) is 8.81. The average Bonchev–Trinajstić information content (AvgIpc) is 3.03. The molecule has 0 spiro atoms. The van der Waals surface area contributed by atoms with Gasteiger partial charge < -0.3 is 15.1 Å². The van der Waals surface area contributed by atoms with Gasteiger partial charge in [0.2, 0.25) is 0 Å². The number of hydrogen-bond acceptors (Lipinski definition) is 4. The SMILES string of the molecule is CC#CCN1CC(Cc2cccc(C(F)(F)F)c2)N=C1N1CCNCC1. The molecule has 0 bridgehead atoms. The average molecular weight is 364 g/mol. The lowest BCUT2D eigenvalue weighted by Gasteiger charge is -2.33. The molecule has 3 rings (SSSR count). The second-order valence-corrected chi connectivity index (χ2v) is 6.53. The number of benzene rings is 1. The molecule has 0 radical (unpaired) electrons. The fourth-order valence-corrected chi connectivity index (χ4v) is 3.33. The molecule has 1 aromatic rings. The monoisotopic (exact) mass is 364 g/mol. The molecule has 26 heavy (non-hydrogen) atoms. The van der Waals surface area contributed by atoms with E-state index in [0.717, 1.165) is 38.2 Å². The highest BCUT2D eigenvalue weighted by Gasteiger charge is 2.32. The maximum Gasteiger partial charge on any atom is 0.416 e. The van der Waals surface area contributed by atoms with Crippen molar-refractivity contribution in [2.45, 2.75) is 25.6 Å². The van der Waals surface area contributed by atoms with E-state index < -0.39 is 11.7 Å². The number of nitrogens with zero attached hydrogens (tertiary/aromatic N) is 3. The van der Waals surface area contributed by atoms with E-state index in [2.05, 4.69) is 27.0 Å². The molecule has 140 valence electrons. The molecule has 0 saturated carbocycles. The summed E-state index contributed by atoms with van der Waals surface area (Å²) in [6.45, 7) is 6.66. The van der Waals surface area contributed by atoms with Gasteiger partial charge in [0.05, 0.1) is 18.2 Å². The van der Waals surface area contributed by atoms with E-state index in [1.807, 2.05) is 0 Å². The van der Waals surface area contributed by atoms with Crippen LogP contribution in [-0.2, 0) is 12.6 Å². The van der Waals surface area contributed by atoms with Crippen LogP contribution in [0.15, 0.2) is 29.3 Å². The van der Waals surface area contributed by atoms with E-state index in [1.165, 1.54) is 12.1 Å². The van der Waals surface area contributed by atoms with Crippen LogP contribution in [-0.4, -0.2) is 61.1 Å². The maximum absolute atomic E-state index is 12.9. The molecule has 2 aliphatic heterocycles. The highest BCUT2D eigenvalue weighted by Crippen LogP contribution is 2.30. The van der Waals surface area contributed by atoms with E-state index in [4.69, 9.17) is 4.99 Å². The fourth-order valence-electron chi connectivity index (χ4n) is 3.33. The molecule has 1 saturated heterocycles. The van der Waals surface area contributed by atoms with Crippen LogP contribution >= 0.6 is 0 Å². The molecule has 1 atom stereocenters. The molecule has 1 aromatic carbocycles. The summed E-state index contributed by atoms with van der Waals surface area (Å²) in [6, 6.07) is 5.49. The van der Waals surface area contributed by atoms with Crippen LogP contribution < -0.4 is 5.32 Å². The van der Waals surface area contributed by atoms with Crippen molar-refractivity contribution in [2.75, 3.05) is 39.3 Å². The van der Waals surface area contributed by atoms with Crippen molar-refractivity contribution in [1.82, 2.24) is 15.1 Å². The summed E-state index contributed by atoms with van der Waals surface area (Å²) in [7, 11) is 0. The first-order valence-electron chi connectivity index (χ1n) is 8.81. The zero-order chi connectivity index (χ0) is 18.6. The number of rotatable bonds is 3. The van der Waals surface area contributed by atoms with Crippen molar-refractivity contribution in [1.29, 1.82) is 0 Å². The van der Waals surface area contributed by atoms with Crippen molar-refractivity contribution in [3.63, 3.8) is 0 Å². The Balaban J connectivity index is 1.75.